The van der Waals surface area contributed by atoms with Gasteiger partial charge in [-0.05, 0) is 18.6 Å². The molecule has 0 fully saturated rings. The molecule has 21 heavy (non-hydrogen) atoms. The Balaban J connectivity index is 2.21. The van der Waals surface area contributed by atoms with Gasteiger partial charge >= 0.3 is 5.97 Å². The first kappa shape index (κ1) is 16.9. The van der Waals surface area contributed by atoms with Crippen molar-refractivity contribution < 1.29 is 28.2 Å². The van der Waals surface area contributed by atoms with Crippen LogP contribution in [0.15, 0.2) is 18.2 Å². The lowest BCUT2D eigenvalue weighted by Crippen LogP contribution is -2.31. The zero-order chi connectivity index (χ0) is 15.8. The molecule has 116 valence electrons. The Kier molecular flexibility index (Phi) is 6.58. The zero-order valence-electron chi connectivity index (χ0n) is 11.6. The van der Waals surface area contributed by atoms with E-state index >= 15 is 0 Å². The summed E-state index contributed by atoms with van der Waals surface area (Å²) in [5.41, 5.74) is 0. The minimum atomic E-state index is -0.981. The second-order valence-corrected chi connectivity index (χ2v) is 4.57. The number of aliphatic carboxylic acids is 1. The normalized spacial score (nSPS) is 11.8. The van der Waals surface area contributed by atoms with Gasteiger partial charge in [0.15, 0.2) is 11.6 Å². The largest absolute Gasteiger partial charge is 0.491 e. The van der Waals surface area contributed by atoms with Gasteiger partial charge in [-0.3, -0.25) is 9.59 Å². The quantitative estimate of drug-likeness (QED) is 0.720. The van der Waals surface area contributed by atoms with Crippen molar-refractivity contribution in [1.82, 2.24) is 5.32 Å². The minimum Gasteiger partial charge on any atom is -0.491 e. The Hall–Kier alpha value is -2.18. The fourth-order valence-electron chi connectivity index (χ4n) is 1.45. The maximum atomic E-state index is 13.2. The summed E-state index contributed by atoms with van der Waals surface area (Å²) in [6.45, 7) is 1.65. The van der Waals surface area contributed by atoms with Gasteiger partial charge < -0.3 is 15.2 Å². The Morgan fingerprint density at radius 2 is 2.10 bits per heavy atom. The van der Waals surface area contributed by atoms with Crippen molar-refractivity contribution in [2.75, 3.05) is 13.2 Å². The van der Waals surface area contributed by atoms with Crippen LogP contribution in [0.25, 0.3) is 0 Å². The van der Waals surface area contributed by atoms with E-state index in [1.165, 1.54) is 13.0 Å². The Morgan fingerprint density at radius 1 is 1.38 bits per heavy atom. The van der Waals surface area contributed by atoms with Crippen molar-refractivity contribution in [3.05, 3.63) is 29.8 Å². The molecule has 0 saturated carbocycles. The van der Waals surface area contributed by atoms with Gasteiger partial charge in [0, 0.05) is 19.0 Å². The summed E-state index contributed by atoms with van der Waals surface area (Å²) < 4.78 is 31.0. The highest BCUT2D eigenvalue weighted by molar-refractivity contribution is 5.77. The summed E-state index contributed by atoms with van der Waals surface area (Å²) in [5.74, 6) is -3.49. The first-order valence-corrected chi connectivity index (χ1v) is 6.47. The molecule has 0 spiro atoms. The van der Waals surface area contributed by atoms with Crippen LogP contribution in [0, 0.1) is 17.6 Å². The molecule has 1 aromatic carbocycles. The molecule has 0 aromatic heterocycles. The lowest BCUT2D eigenvalue weighted by molar-refractivity contribution is -0.141. The molecule has 1 aromatic rings. The van der Waals surface area contributed by atoms with Crippen molar-refractivity contribution in [2.24, 2.45) is 5.92 Å². The molecule has 0 radical (unpaired) electrons. The van der Waals surface area contributed by atoms with Gasteiger partial charge in [-0.25, -0.2) is 8.78 Å². The van der Waals surface area contributed by atoms with E-state index in [0.717, 1.165) is 12.1 Å². The van der Waals surface area contributed by atoms with Crippen LogP contribution in [0.5, 0.6) is 5.75 Å². The molecule has 0 aliphatic rings. The van der Waals surface area contributed by atoms with E-state index in [1.54, 1.807) is 0 Å². The summed E-state index contributed by atoms with van der Waals surface area (Å²) in [5, 5.41) is 11.1. The molecule has 0 heterocycles. The van der Waals surface area contributed by atoms with Gasteiger partial charge in [0.25, 0.3) is 0 Å². The lowest BCUT2D eigenvalue weighted by atomic mass is 10.2. The van der Waals surface area contributed by atoms with Crippen LogP contribution in [0.4, 0.5) is 8.78 Å². The summed E-state index contributed by atoms with van der Waals surface area (Å²) >= 11 is 0. The lowest BCUT2D eigenvalue weighted by Gasteiger charge is -2.09. The number of carboxylic acids is 1. The van der Waals surface area contributed by atoms with Crippen LogP contribution in [0.1, 0.15) is 19.8 Å². The van der Waals surface area contributed by atoms with Crippen molar-refractivity contribution in [3.63, 3.8) is 0 Å². The van der Waals surface area contributed by atoms with Crippen LogP contribution in [-0.2, 0) is 9.59 Å². The molecule has 0 aliphatic heterocycles. The number of ether oxygens (including phenoxy) is 1. The van der Waals surface area contributed by atoms with Crippen molar-refractivity contribution in [1.29, 1.82) is 0 Å². The predicted molar refractivity (Wildman–Crippen MR) is 70.9 cm³/mol. The average molecular weight is 301 g/mol. The van der Waals surface area contributed by atoms with E-state index in [9.17, 15) is 18.4 Å². The van der Waals surface area contributed by atoms with Crippen LogP contribution >= 0.6 is 0 Å². The van der Waals surface area contributed by atoms with Crippen molar-refractivity contribution in [3.8, 4) is 5.75 Å². The van der Waals surface area contributed by atoms with E-state index in [2.05, 4.69) is 5.32 Å². The smallest absolute Gasteiger partial charge is 0.308 e. The highest BCUT2D eigenvalue weighted by atomic mass is 19.1. The third-order valence-corrected chi connectivity index (χ3v) is 2.73. The summed E-state index contributed by atoms with van der Waals surface area (Å²) in [4.78, 5) is 22.0. The summed E-state index contributed by atoms with van der Waals surface area (Å²) in [6.07, 6.45) is 0.471. The highest BCUT2D eigenvalue weighted by Crippen LogP contribution is 2.17. The highest BCUT2D eigenvalue weighted by Gasteiger charge is 2.12. The summed E-state index contributed by atoms with van der Waals surface area (Å²) in [6, 6.07) is 2.98. The van der Waals surface area contributed by atoms with Crippen LogP contribution < -0.4 is 10.1 Å². The molecule has 1 amide bonds. The van der Waals surface area contributed by atoms with Gasteiger partial charge in [0.1, 0.15) is 5.82 Å². The number of carboxylic acid groups (broad SMARTS) is 1. The molecule has 7 heteroatoms. The molecular formula is C14H17F2NO4. The van der Waals surface area contributed by atoms with Gasteiger partial charge in [0.2, 0.25) is 5.91 Å². The van der Waals surface area contributed by atoms with E-state index in [4.69, 9.17) is 9.84 Å². The number of carbonyl (C=O) groups excluding carboxylic acids is 1. The standard InChI is InChI=1S/C14H17F2NO4/c1-9(14(19)20)8-17-13(18)3-2-6-21-12-5-4-10(15)7-11(12)16/h4-5,7,9H,2-3,6,8H2,1H3,(H,17,18)(H,19,20). The van der Waals surface area contributed by atoms with Gasteiger partial charge in [-0.2, -0.15) is 0 Å². The van der Waals surface area contributed by atoms with Crippen LogP contribution in [-0.4, -0.2) is 30.1 Å². The molecule has 5 nitrogen and oxygen atoms in total. The number of rotatable bonds is 8. The molecular weight excluding hydrogens is 284 g/mol. The fraction of sp³-hybridized carbons (Fsp3) is 0.429. The second-order valence-electron chi connectivity index (χ2n) is 4.57. The van der Waals surface area contributed by atoms with Crippen molar-refractivity contribution >= 4 is 11.9 Å². The van der Waals surface area contributed by atoms with E-state index < -0.39 is 23.5 Å². The number of carbonyl (C=O) groups is 2. The summed E-state index contributed by atoms with van der Waals surface area (Å²) in [7, 11) is 0. The minimum absolute atomic E-state index is 0.0572. The SMILES string of the molecule is CC(CNC(=O)CCCOc1ccc(F)cc1F)C(=O)O. The predicted octanol–water partition coefficient (Wildman–Crippen LogP) is 1.96. The zero-order valence-corrected chi connectivity index (χ0v) is 11.6. The Labute approximate surface area is 120 Å². The molecule has 0 bridgehead atoms. The van der Waals surface area contributed by atoms with Crippen LogP contribution in [0.3, 0.4) is 0 Å². The number of hydrogen-bond donors (Lipinski definition) is 2. The number of halogens is 2. The first-order chi connectivity index (χ1) is 9.90. The molecule has 0 aliphatic carbocycles. The van der Waals surface area contributed by atoms with E-state index in [0.29, 0.717) is 6.42 Å². The monoisotopic (exact) mass is 301 g/mol. The number of amides is 1. The third-order valence-electron chi connectivity index (χ3n) is 2.73. The van der Waals surface area contributed by atoms with Gasteiger partial charge in [-0.15, -0.1) is 0 Å². The molecule has 2 N–H and O–H groups in total. The number of hydrogen-bond acceptors (Lipinski definition) is 3. The fourth-order valence-corrected chi connectivity index (χ4v) is 1.45. The average Bonchev–Trinajstić information content (AvgIpc) is 2.42. The number of benzene rings is 1. The van der Waals surface area contributed by atoms with Gasteiger partial charge in [-0.1, -0.05) is 6.92 Å². The maximum absolute atomic E-state index is 13.2. The Bertz CT molecular complexity index is 508. The Morgan fingerprint density at radius 3 is 2.71 bits per heavy atom. The third kappa shape index (κ3) is 6.20. The van der Waals surface area contributed by atoms with Crippen molar-refractivity contribution in [2.45, 2.75) is 19.8 Å². The first-order valence-electron chi connectivity index (χ1n) is 6.47. The van der Waals surface area contributed by atoms with E-state index in [-0.39, 0.29) is 31.2 Å². The molecule has 1 rings (SSSR count). The second kappa shape index (κ2) is 8.18. The topological polar surface area (TPSA) is 75.6 Å². The molecule has 1 unspecified atom stereocenters. The molecule has 1 atom stereocenters. The van der Waals surface area contributed by atoms with Crippen LogP contribution in [0.2, 0.25) is 0 Å². The van der Waals surface area contributed by atoms with E-state index in [1.807, 2.05) is 0 Å². The maximum Gasteiger partial charge on any atom is 0.308 e. The molecule has 0 saturated heterocycles. The number of nitrogens with one attached hydrogen (secondary N) is 1. The van der Waals surface area contributed by atoms with Gasteiger partial charge in [0.05, 0.1) is 12.5 Å².